The molecule has 160 valence electrons. The van der Waals surface area contributed by atoms with Crippen LogP contribution in [-0.4, -0.2) is 19.0 Å². The number of benzene rings is 3. The summed E-state index contributed by atoms with van der Waals surface area (Å²) in [5.41, 5.74) is 2.45. The molecule has 3 aromatic carbocycles. The van der Waals surface area contributed by atoms with E-state index < -0.39 is 0 Å². The summed E-state index contributed by atoms with van der Waals surface area (Å²) in [6.07, 6.45) is 3.32. The maximum absolute atomic E-state index is 12.3. The number of ketones is 1. The van der Waals surface area contributed by atoms with Gasteiger partial charge in [-0.05, 0) is 79.6 Å². The third-order valence-corrected chi connectivity index (χ3v) is 4.68. The lowest BCUT2D eigenvalue weighted by Gasteiger charge is -2.13. The summed E-state index contributed by atoms with van der Waals surface area (Å²) >= 11 is 5.87. The summed E-state index contributed by atoms with van der Waals surface area (Å²) in [6, 6.07) is 20.2. The zero-order valence-corrected chi connectivity index (χ0v) is 18.4. The van der Waals surface area contributed by atoms with E-state index in [9.17, 15) is 4.79 Å². The SMILES string of the molecule is CCOc1ccc(COc2cccc(/C=C/C(=O)c3ccc(Cl)cc3)c2)cc1OCC. The fourth-order valence-electron chi connectivity index (χ4n) is 2.94. The van der Waals surface area contributed by atoms with Crippen molar-refractivity contribution in [2.75, 3.05) is 13.2 Å². The number of carbonyl (C=O) groups is 1. The number of ether oxygens (including phenoxy) is 3. The summed E-state index contributed by atoms with van der Waals surface area (Å²) in [7, 11) is 0. The Morgan fingerprint density at radius 1 is 0.871 bits per heavy atom. The van der Waals surface area contributed by atoms with Crippen LogP contribution in [0.4, 0.5) is 0 Å². The molecule has 0 saturated carbocycles. The van der Waals surface area contributed by atoms with Crippen molar-refractivity contribution in [3.05, 3.63) is 94.5 Å². The quantitative estimate of drug-likeness (QED) is 0.265. The largest absolute Gasteiger partial charge is 0.490 e. The number of hydrogen-bond donors (Lipinski definition) is 0. The van der Waals surface area contributed by atoms with E-state index >= 15 is 0 Å². The molecule has 3 rings (SSSR count). The van der Waals surface area contributed by atoms with Gasteiger partial charge in [-0.3, -0.25) is 4.79 Å². The van der Waals surface area contributed by atoms with E-state index in [1.165, 1.54) is 0 Å². The van der Waals surface area contributed by atoms with Crippen LogP contribution in [0.1, 0.15) is 35.3 Å². The highest BCUT2D eigenvalue weighted by atomic mass is 35.5. The Morgan fingerprint density at radius 3 is 2.35 bits per heavy atom. The van der Waals surface area contributed by atoms with Crippen molar-refractivity contribution in [3.8, 4) is 17.2 Å². The van der Waals surface area contributed by atoms with Crippen molar-refractivity contribution in [2.45, 2.75) is 20.5 Å². The molecule has 0 atom stereocenters. The molecular weight excluding hydrogens is 412 g/mol. The van der Waals surface area contributed by atoms with Crippen LogP contribution in [0.5, 0.6) is 17.2 Å². The molecule has 0 saturated heterocycles. The summed E-state index contributed by atoms with van der Waals surface area (Å²) < 4.78 is 17.2. The van der Waals surface area contributed by atoms with E-state index in [2.05, 4.69) is 0 Å². The average molecular weight is 437 g/mol. The molecule has 5 heteroatoms. The molecule has 3 aromatic rings. The molecule has 0 heterocycles. The smallest absolute Gasteiger partial charge is 0.185 e. The molecule has 0 aliphatic rings. The Morgan fingerprint density at radius 2 is 1.61 bits per heavy atom. The van der Waals surface area contributed by atoms with Crippen molar-refractivity contribution in [1.29, 1.82) is 0 Å². The van der Waals surface area contributed by atoms with Gasteiger partial charge in [0.2, 0.25) is 0 Å². The number of rotatable bonds is 10. The highest BCUT2D eigenvalue weighted by molar-refractivity contribution is 6.30. The summed E-state index contributed by atoms with van der Waals surface area (Å²) in [5.74, 6) is 2.07. The van der Waals surface area contributed by atoms with Crippen LogP contribution in [0.2, 0.25) is 5.02 Å². The first-order valence-corrected chi connectivity index (χ1v) is 10.6. The Balaban J connectivity index is 1.64. The lowest BCUT2D eigenvalue weighted by Crippen LogP contribution is -2.01. The van der Waals surface area contributed by atoms with Crippen LogP contribution in [0.15, 0.2) is 72.8 Å². The van der Waals surface area contributed by atoms with Gasteiger partial charge in [0.15, 0.2) is 17.3 Å². The number of halogens is 1. The fourth-order valence-corrected chi connectivity index (χ4v) is 3.07. The van der Waals surface area contributed by atoms with E-state index in [-0.39, 0.29) is 5.78 Å². The third-order valence-electron chi connectivity index (χ3n) is 4.43. The minimum absolute atomic E-state index is 0.0826. The van der Waals surface area contributed by atoms with Gasteiger partial charge in [0.25, 0.3) is 0 Å². The second-order valence-corrected chi connectivity index (χ2v) is 7.15. The Bertz CT molecular complexity index is 1040. The van der Waals surface area contributed by atoms with Crippen LogP contribution in [0, 0.1) is 0 Å². The first-order chi connectivity index (χ1) is 15.1. The molecule has 0 radical (unpaired) electrons. The molecular formula is C26H25ClO4. The van der Waals surface area contributed by atoms with Crippen molar-refractivity contribution in [3.63, 3.8) is 0 Å². The molecule has 0 N–H and O–H groups in total. The van der Waals surface area contributed by atoms with Crippen LogP contribution in [-0.2, 0) is 6.61 Å². The monoisotopic (exact) mass is 436 g/mol. The van der Waals surface area contributed by atoms with E-state index in [0.717, 1.165) is 16.9 Å². The van der Waals surface area contributed by atoms with Crippen molar-refractivity contribution >= 4 is 23.5 Å². The average Bonchev–Trinajstić information content (AvgIpc) is 2.78. The van der Waals surface area contributed by atoms with Crippen LogP contribution < -0.4 is 14.2 Å². The van der Waals surface area contributed by atoms with Crippen LogP contribution in [0.25, 0.3) is 6.08 Å². The Kier molecular flexibility index (Phi) is 8.13. The number of hydrogen-bond acceptors (Lipinski definition) is 4. The maximum atomic E-state index is 12.3. The zero-order valence-electron chi connectivity index (χ0n) is 17.6. The Hall–Kier alpha value is -3.24. The van der Waals surface area contributed by atoms with Gasteiger partial charge < -0.3 is 14.2 Å². The first kappa shape index (κ1) is 22.4. The van der Waals surface area contributed by atoms with Gasteiger partial charge in [-0.15, -0.1) is 0 Å². The Labute approximate surface area is 188 Å². The molecule has 0 bridgehead atoms. The highest BCUT2D eigenvalue weighted by Gasteiger charge is 2.07. The highest BCUT2D eigenvalue weighted by Crippen LogP contribution is 2.29. The number of carbonyl (C=O) groups excluding carboxylic acids is 1. The van der Waals surface area contributed by atoms with Crippen LogP contribution in [0.3, 0.4) is 0 Å². The zero-order chi connectivity index (χ0) is 22.1. The lowest BCUT2D eigenvalue weighted by atomic mass is 10.1. The molecule has 0 unspecified atom stereocenters. The fraction of sp³-hybridized carbons (Fsp3) is 0.192. The van der Waals surface area contributed by atoms with Crippen molar-refractivity contribution in [2.24, 2.45) is 0 Å². The van der Waals surface area contributed by atoms with Gasteiger partial charge in [0.05, 0.1) is 13.2 Å². The third kappa shape index (κ3) is 6.63. The second-order valence-electron chi connectivity index (χ2n) is 6.71. The lowest BCUT2D eigenvalue weighted by molar-refractivity contribution is 0.104. The molecule has 0 aromatic heterocycles. The maximum Gasteiger partial charge on any atom is 0.185 e. The minimum atomic E-state index is -0.0826. The molecule has 0 fully saturated rings. The van der Waals surface area contributed by atoms with Gasteiger partial charge in [-0.25, -0.2) is 0 Å². The second kappa shape index (κ2) is 11.2. The van der Waals surface area contributed by atoms with Gasteiger partial charge in [0, 0.05) is 10.6 Å². The summed E-state index contributed by atoms with van der Waals surface area (Å²) in [5, 5.41) is 0.603. The van der Waals surface area contributed by atoms with Crippen molar-refractivity contribution in [1.82, 2.24) is 0 Å². The van der Waals surface area contributed by atoms with E-state index in [1.807, 2.05) is 56.3 Å². The van der Waals surface area contributed by atoms with Gasteiger partial charge in [0.1, 0.15) is 12.4 Å². The van der Waals surface area contributed by atoms with Crippen molar-refractivity contribution < 1.29 is 19.0 Å². The van der Waals surface area contributed by atoms with Gasteiger partial charge in [-0.1, -0.05) is 35.9 Å². The molecule has 0 aliphatic carbocycles. The molecule has 0 aliphatic heterocycles. The van der Waals surface area contributed by atoms with E-state index in [4.69, 9.17) is 25.8 Å². The number of allylic oxidation sites excluding steroid dienone is 1. The van der Waals surface area contributed by atoms with Crippen LogP contribution >= 0.6 is 11.6 Å². The van der Waals surface area contributed by atoms with Gasteiger partial charge >= 0.3 is 0 Å². The molecule has 4 nitrogen and oxygen atoms in total. The normalized spacial score (nSPS) is 10.8. The predicted molar refractivity (Wildman–Crippen MR) is 124 cm³/mol. The summed E-state index contributed by atoms with van der Waals surface area (Å²) in [6.45, 7) is 5.42. The van der Waals surface area contributed by atoms with E-state index in [1.54, 1.807) is 36.4 Å². The molecule has 0 amide bonds. The first-order valence-electron chi connectivity index (χ1n) is 10.2. The molecule has 31 heavy (non-hydrogen) atoms. The predicted octanol–water partition coefficient (Wildman–Crippen LogP) is 6.61. The van der Waals surface area contributed by atoms with E-state index in [0.29, 0.717) is 41.9 Å². The van der Waals surface area contributed by atoms with Gasteiger partial charge in [-0.2, -0.15) is 0 Å². The molecule has 0 spiro atoms. The topological polar surface area (TPSA) is 44.8 Å². The minimum Gasteiger partial charge on any atom is -0.490 e. The summed E-state index contributed by atoms with van der Waals surface area (Å²) in [4.78, 5) is 12.3. The standard InChI is InChI=1S/C26H25ClO4/c1-3-29-25-15-9-20(17-26(25)30-4-2)18-31-23-7-5-6-19(16-23)8-14-24(28)21-10-12-22(27)13-11-21/h5-17H,3-4,18H2,1-2H3/b14-8+.